The SMILES string of the molecule is CSCn1c(=Nc2ccc(N(c3ccccc3)c3ccccc3)cc2)sc2ccccc21. The lowest BCUT2D eigenvalue weighted by Crippen LogP contribution is -2.12. The van der Waals surface area contributed by atoms with E-state index in [1.165, 1.54) is 10.2 Å². The van der Waals surface area contributed by atoms with Crippen LogP contribution in [0.15, 0.2) is 114 Å². The normalized spacial score (nSPS) is 11.7. The zero-order chi connectivity index (χ0) is 21.8. The Morgan fingerprint density at radius 3 is 1.91 bits per heavy atom. The maximum Gasteiger partial charge on any atom is 0.191 e. The van der Waals surface area contributed by atoms with Gasteiger partial charge in [0, 0.05) is 17.1 Å². The van der Waals surface area contributed by atoms with Crippen molar-refractivity contribution in [1.29, 1.82) is 0 Å². The molecule has 0 saturated carbocycles. The molecule has 0 bridgehead atoms. The molecule has 3 nitrogen and oxygen atoms in total. The molecule has 1 heterocycles. The number of rotatable bonds is 6. The van der Waals surface area contributed by atoms with Crippen LogP contribution in [0.25, 0.3) is 10.2 Å². The van der Waals surface area contributed by atoms with Gasteiger partial charge in [0.25, 0.3) is 0 Å². The Balaban J connectivity index is 1.55. The molecule has 5 heteroatoms. The molecule has 0 amide bonds. The topological polar surface area (TPSA) is 20.5 Å². The van der Waals surface area contributed by atoms with Gasteiger partial charge in [-0.2, -0.15) is 0 Å². The van der Waals surface area contributed by atoms with Crippen molar-refractivity contribution in [1.82, 2.24) is 4.57 Å². The van der Waals surface area contributed by atoms with Crippen LogP contribution >= 0.6 is 23.1 Å². The monoisotopic (exact) mass is 453 g/mol. The van der Waals surface area contributed by atoms with E-state index in [9.17, 15) is 0 Å². The van der Waals surface area contributed by atoms with E-state index < -0.39 is 0 Å². The van der Waals surface area contributed by atoms with E-state index in [0.717, 1.165) is 33.4 Å². The third-order valence-electron chi connectivity index (χ3n) is 5.21. The van der Waals surface area contributed by atoms with Gasteiger partial charge >= 0.3 is 0 Å². The predicted octanol–water partition coefficient (Wildman–Crippen LogP) is 7.73. The molecule has 158 valence electrons. The molecule has 0 N–H and O–H groups in total. The quantitative estimate of drug-likeness (QED) is 0.262. The summed E-state index contributed by atoms with van der Waals surface area (Å²) < 4.78 is 3.55. The molecular weight excluding hydrogens is 430 g/mol. The van der Waals surface area contributed by atoms with E-state index in [-0.39, 0.29) is 0 Å². The minimum Gasteiger partial charge on any atom is -0.311 e. The molecular formula is C27H23N3S2. The van der Waals surface area contributed by atoms with Crippen molar-refractivity contribution in [3.8, 4) is 0 Å². The maximum absolute atomic E-state index is 4.99. The first-order chi connectivity index (χ1) is 15.8. The maximum atomic E-state index is 4.99. The van der Waals surface area contributed by atoms with Gasteiger partial charge in [-0.05, 0) is 66.9 Å². The van der Waals surface area contributed by atoms with Crippen molar-refractivity contribution in [2.24, 2.45) is 4.99 Å². The number of benzene rings is 4. The molecule has 4 aromatic carbocycles. The van der Waals surface area contributed by atoms with Crippen LogP contribution in [0.1, 0.15) is 0 Å². The third kappa shape index (κ3) is 4.22. The number of nitrogens with zero attached hydrogens (tertiary/aromatic N) is 3. The number of anilines is 3. The van der Waals surface area contributed by atoms with Crippen molar-refractivity contribution in [3.05, 3.63) is 114 Å². The molecule has 5 aromatic rings. The highest BCUT2D eigenvalue weighted by Gasteiger charge is 2.11. The Bertz CT molecular complexity index is 1330. The minimum atomic E-state index is 0.886. The summed E-state index contributed by atoms with van der Waals surface area (Å²) in [5.74, 6) is 0.886. The van der Waals surface area contributed by atoms with Crippen LogP contribution in [0.5, 0.6) is 0 Å². The van der Waals surface area contributed by atoms with Crippen LogP contribution in [0.2, 0.25) is 0 Å². The molecule has 5 rings (SSSR count). The predicted molar refractivity (Wildman–Crippen MR) is 140 cm³/mol. The van der Waals surface area contributed by atoms with Crippen molar-refractivity contribution in [3.63, 3.8) is 0 Å². The Hall–Kier alpha value is -3.28. The van der Waals surface area contributed by atoms with E-state index in [1.807, 2.05) is 12.1 Å². The fraction of sp³-hybridized carbons (Fsp3) is 0.0741. The Morgan fingerprint density at radius 1 is 0.719 bits per heavy atom. The Morgan fingerprint density at radius 2 is 1.28 bits per heavy atom. The second-order valence-corrected chi connectivity index (χ2v) is 9.18. The number of hydrogen-bond acceptors (Lipinski definition) is 4. The molecule has 32 heavy (non-hydrogen) atoms. The largest absolute Gasteiger partial charge is 0.311 e. The molecule has 0 aliphatic carbocycles. The van der Waals surface area contributed by atoms with Crippen molar-refractivity contribution in [2.45, 2.75) is 5.88 Å². The second kappa shape index (κ2) is 9.47. The van der Waals surface area contributed by atoms with Crippen molar-refractivity contribution < 1.29 is 0 Å². The van der Waals surface area contributed by atoms with Gasteiger partial charge in [-0.25, -0.2) is 4.99 Å². The molecule has 0 aliphatic heterocycles. The molecule has 1 aromatic heterocycles. The van der Waals surface area contributed by atoms with Crippen LogP contribution in [0.4, 0.5) is 22.7 Å². The lowest BCUT2D eigenvalue weighted by Gasteiger charge is -2.25. The summed E-state index contributed by atoms with van der Waals surface area (Å²) >= 11 is 3.54. The highest BCUT2D eigenvalue weighted by atomic mass is 32.2. The standard InChI is InChI=1S/C27H23N3S2/c1-31-20-29-25-14-8-9-15-26(25)32-27(29)28-21-16-18-24(19-17-21)30(22-10-4-2-5-11-22)23-12-6-3-7-13-23/h2-19H,20H2,1H3. The fourth-order valence-corrected chi connectivity index (χ4v) is 5.40. The van der Waals surface area contributed by atoms with Crippen LogP contribution in [0.3, 0.4) is 0 Å². The number of para-hydroxylation sites is 3. The lowest BCUT2D eigenvalue weighted by atomic mass is 10.2. The lowest BCUT2D eigenvalue weighted by molar-refractivity contribution is 0.891. The summed E-state index contributed by atoms with van der Waals surface area (Å²) in [5, 5.41) is 0. The highest BCUT2D eigenvalue weighted by Crippen LogP contribution is 2.34. The molecule has 0 radical (unpaired) electrons. The van der Waals surface area contributed by atoms with E-state index in [2.05, 4.69) is 113 Å². The van der Waals surface area contributed by atoms with Gasteiger partial charge in [-0.15, -0.1) is 11.8 Å². The van der Waals surface area contributed by atoms with Crippen LogP contribution in [-0.4, -0.2) is 10.8 Å². The number of fused-ring (bicyclic) bond motifs is 1. The van der Waals surface area contributed by atoms with Crippen molar-refractivity contribution in [2.75, 3.05) is 11.2 Å². The average molecular weight is 454 g/mol. The second-order valence-electron chi connectivity index (χ2n) is 7.33. The molecule has 0 saturated heterocycles. The molecule has 0 unspecified atom stereocenters. The first-order valence-electron chi connectivity index (χ1n) is 10.5. The van der Waals surface area contributed by atoms with Crippen LogP contribution in [0, 0.1) is 0 Å². The zero-order valence-corrected chi connectivity index (χ0v) is 19.4. The summed E-state index contributed by atoms with van der Waals surface area (Å²) in [6, 6.07) is 37.9. The smallest absolute Gasteiger partial charge is 0.191 e. The Labute approximate surface area is 196 Å². The van der Waals surface area contributed by atoms with Crippen molar-refractivity contribution >= 4 is 56.1 Å². The van der Waals surface area contributed by atoms with Crippen LogP contribution < -0.4 is 9.70 Å². The van der Waals surface area contributed by atoms with Gasteiger partial charge in [-0.1, -0.05) is 59.9 Å². The summed E-state index contributed by atoms with van der Waals surface area (Å²) in [7, 11) is 0. The van der Waals surface area contributed by atoms with E-state index in [0.29, 0.717) is 0 Å². The van der Waals surface area contributed by atoms with Gasteiger partial charge in [0.2, 0.25) is 0 Å². The Kier molecular flexibility index (Phi) is 6.10. The van der Waals surface area contributed by atoms with Gasteiger partial charge in [0.05, 0.1) is 21.8 Å². The minimum absolute atomic E-state index is 0.886. The first-order valence-corrected chi connectivity index (χ1v) is 12.7. The van der Waals surface area contributed by atoms with Crippen LogP contribution in [-0.2, 0) is 5.88 Å². The van der Waals surface area contributed by atoms with Gasteiger partial charge < -0.3 is 9.47 Å². The average Bonchev–Trinajstić information content (AvgIpc) is 3.19. The molecule has 0 fully saturated rings. The zero-order valence-electron chi connectivity index (χ0n) is 17.8. The summed E-state index contributed by atoms with van der Waals surface area (Å²) in [6.45, 7) is 0. The highest BCUT2D eigenvalue weighted by molar-refractivity contribution is 7.97. The first kappa shape index (κ1) is 20.6. The third-order valence-corrected chi connectivity index (χ3v) is 6.78. The van der Waals surface area contributed by atoms with E-state index in [1.54, 1.807) is 23.1 Å². The fourth-order valence-electron chi connectivity index (χ4n) is 3.75. The molecule has 0 aliphatic rings. The molecule has 0 atom stereocenters. The van der Waals surface area contributed by atoms with Gasteiger partial charge in [0.1, 0.15) is 0 Å². The van der Waals surface area contributed by atoms with Gasteiger partial charge in [0.15, 0.2) is 4.80 Å². The van der Waals surface area contributed by atoms with E-state index >= 15 is 0 Å². The number of thioether (sulfide) groups is 1. The van der Waals surface area contributed by atoms with E-state index in [4.69, 9.17) is 4.99 Å². The summed E-state index contributed by atoms with van der Waals surface area (Å²) in [4.78, 5) is 8.28. The number of thiazole rings is 1. The number of hydrogen-bond donors (Lipinski definition) is 0. The molecule has 0 spiro atoms. The number of aromatic nitrogens is 1. The summed E-state index contributed by atoms with van der Waals surface area (Å²) in [5.41, 5.74) is 5.56. The van der Waals surface area contributed by atoms with Gasteiger partial charge in [-0.3, -0.25) is 0 Å². The summed E-state index contributed by atoms with van der Waals surface area (Å²) in [6.07, 6.45) is 2.12.